The number of hydrogen-bond acceptors (Lipinski definition) is 4. The van der Waals surface area contributed by atoms with Gasteiger partial charge < -0.3 is 15.4 Å². The number of carbonyl (C=O) groups excluding carboxylic acids is 3. The van der Waals surface area contributed by atoms with Crippen molar-refractivity contribution in [3.8, 4) is 5.75 Å². The third kappa shape index (κ3) is 4.10. The molecule has 1 aliphatic heterocycles. The van der Waals surface area contributed by atoms with Gasteiger partial charge in [0.25, 0.3) is 5.91 Å². The van der Waals surface area contributed by atoms with E-state index in [2.05, 4.69) is 15.4 Å². The molecule has 1 atom stereocenters. The summed E-state index contributed by atoms with van der Waals surface area (Å²) >= 11 is 0. The zero-order chi connectivity index (χ0) is 22.1. The number of nitrogens with zero attached hydrogens (tertiary/aromatic N) is 1. The predicted molar refractivity (Wildman–Crippen MR) is 105 cm³/mol. The molecule has 0 aliphatic carbocycles. The summed E-state index contributed by atoms with van der Waals surface area (Å²) in [6, 6.07) is 10.1. The lowest BCUT2D eigenvalue weighted by atomic mass is 9.92. The van der Waals surface area contributed by atoms with E-state index in [9.17, 15) is 23.2 Å². The molecule has 2 N–H and O–H groups in total. The summed E-state index contributed by atoms with van der Waals surface area (Å²) in [5.41, 5.74) is 1.43. The first kappa shape index (κ1) is 21.2. The Morgan fingerprint density at radius 2 is 1.83 bits per heavy atom. The molecule has 158 valence electrons. The van der Waals surface area contributed by atoms with Crippen LogP contribution in [0.15, 0.2) is 42.5 Å². The number of halogens is 2. The number of anilines is 1. The highest BCUT2D eigenvalue weighted by Crippen LogP contribution is 2.30. The van der Waals surface area contributed by atoms with Crippen LogP contribution in [0.5, 0.6) is 5.75 Å². The maximum atomic E-state index is 12.9. The summed E-state index contributed by atoms with van der Waals surface area (Å²) in [5.74, 6) is -1.21. The number of ether oxygens (including phenoxy) is 1. The molecule has 7 nitrogen and oxygen atoms in total. The zero-order valence-electron chi connectivity index (χ0n) is 16.7. The number of aryl methyl sites for hydroxylation is 1. The molecule has 9 heteroatoms. The largest absolute Gasteiger partial charge is 0.435 e. The van der Waals surface area contributed by atoms with Crippen molar-refractivity contribution < 1.29 is 27.9 Å². The van der Waals surface area contributed by atoms with Gasteiger partial charge in [-0.3, -0.25) is 14.5 Å². The molecular formula is C21H21F2N3O4. The van der Waals surface area contributed by atoms with Crippen LogP contribution in [0.3, 0.4) is 0 Å². The minimum Gasteiger partial charge on any atom is -0.435 e. The van der Waals surface area contributed by atoms with Gasteiger partial charge in [0, 0.05) is 5.69 Å². The highest BCUT2D eigenvalue weighted by Gasteiger charge is 2.49. The fourth-order valence-electron chi connectivity index (χ4n) is 3.23. The first-order valence-corrected chi connectivity index (χ1v) is 9.17. The van der Waals surface area contributed by atoms with E-state index in [0.29, 0.717) is 11.3 Å². The summed E-state index contributed by atoms with van der Waals surface area (Å²) in [6.45, 7) is 1.83. The summed E-state index contributed by atoms with van der Waals surface area (Å²) in [6.07, 6.45) is 0. The third-order valence-corrected chi connectivity index (χ3v) is 5.11. The monoisotopic (exact) mass is 417 g/mol. The Kier molecular flexibility index (Phi) is 5.73. The normalized spacial score (nSPS) is 18.5. The lowest BCUT2D eigenvalue weighted by Gasteiger charge is -2.22. The Balaban J connectivity index is 1.73. The Morgan fingerprint density at radius 1 is 1.17 bits per heavy atom. The first-order valence-electron chi connectivity index (χ1n) is 9.17. The second-order valence-corrected chi connectivity index (χ2v) is 7.14. The standard InChI is InChI=1S/C21H21F2N3O4/c1-12-5-4-6-16(13(12)2)24-17(27)11-26-18(28)21(3,25-20(26)29)14-7-9-15(10-8-14)30-19(22)23/h4-10,19H,11H2,1-3H3,(H,24,27)(H,25,29)/t21-/m0/s1. The van der Waals surface area contributed by atoms with Gasteiger partial charge >= 0.3 is 12.6 Å². The molecule has 0 bridgehead atoms. The van der Waals surface area contributed by atoms with Gasteiger partial charge in [-0.15, -0.1) is 0 Å². The molecular weight excluding hydrogens is 396 g/mol. The van der Waals surface area contributed by atoms with Crippen LogP contribution in [0, 0.1) is 13.8 Å². The number of rotatable bonds is 6. The van der Waals surface area contributed by atoms with Crippen LogP contribution < -0.4 is 15.4 Å². The molecule has 1 aliphatic rings. The van der Waals surface area contributed by atoms with E-state index in [1.165, 1.54) is 31.2 Å². The van der Waals surface area contributed by atoms with Crippen molar-refractivity contribution in [2.75, 3.05) is 11.9 Å². The van der Waals surface area contributed by atoms with E-state index in [0.717, 1.165) is 16.0 Å². The lowest BCUT2D eigenvalue weighted by Crippen LogP contribution is -2.42. The molecule has 2 aromatic carbocycles. The highest BCUT2D eigenvalue weighted by atomic mass is 19.3. The van der Waals surface area contributed by atoms with Crippen LogP contribution in [0.4, 0.5) is 19.3 Å². The maximum absolute atomic E-state index is 12.9. The third-order valence-electron chi connectivity index (χ3n) is 5.11. The minimum absolute atomic E-state index is 0.0705. The van der Waals surface area contributed by atoms with Crippen molar-refractivity contribution in [3.05, 3.63) is 59.2 Å². The van der Waals surface area contributed by atoms with Crippen LogP contribution in [0.2, 0.25) is 0 Å². The highest BCUT2D eigenvalue weighted by molar-refractivity contribution is 6.10. The van der Waals surface area contributed by atoms with Gasteiger partial charge in [-0.25, -0.2) is 4.79 Å². The van der Waals surface area contributed by atoms with E-state index in [4.69, 9.17) is 0 Å². The number of amides is 4. The van der Waals surface area contributed by atoms with Crippen molar-refractivity contribution in [2.45, 2.75) is 32.9 Å². The van der Waals surface area contributed by atoms with Crippen molar-refractivity contribution in [2.24, 2.45) is 0 Å². The second kappa shape index (κ2) is 8.10. The van der Waals surface area contributed by atoms with Crippen LogP contribution in [-0.4, -0.2) is 35.9 Å². The molecule has 30 heavy (non-hydrogen) atoms. The Bertz CT molecular complexity index is 994. The van der Waals surface area contributed by atoms with Gasteiger partial charge in [0.2, 0.25) is 5.91 Å². The Hall–Kier alpha value is -3.49. The number of imide groups is 1. The van der Waals surface area contributed by atoms with Crippen LogP contribution >= 0.6 is 0 Å². The number of benzene rings is 2. The number of hydrogen-bond donors (Lipinski definition) is 2. The SMILES string of the molecule is Cc1cccc(NC(=O)CN2C(=O)N[C@@](C)(c3ccc(OC(F)F)cc3)C2=O)c1C. The first-order chi connectivity index (χ1) is 14.1. The van der Waals surface area contributed by atoms with Gasteiger partial charge in [0.05, 0.1) is 0 Å². The summed E-state index contributed by atoms with van der Waals surface area (Å²) in [5, 5.41) is 5.28. The molecule has 0 radical (unpaired) electrons. The summed E-state index contributed by atoms with van der Waals surface area (Å²) in [4.78, 5) is 38.6. The zero-order valence-corrected chi connectivity index (χ0v) is 16.7. The Labute approximate surface area is 172 Å². The summed E-state index contributed by atoms with van der Waals surface area (Å²) < 4.78 is 28.9. The predicted octanol–water partition coefficient (Wildman–Crippen LogP) is 3.31. The van der Waals surface area contributed by atoms with Gasteiger partial charge in [-0.1, -0.05) is 24.3 Å². The number of nitrogens with one attached hydrogen (secondary N) is 2. The molecule has 1 saturated heterocycles. The van der Waals surface area contributed by atoms with Crippen molar-refractivity contribution in [3.63, 3.8) is 0 Å². The smallest absolute Gasteiger partial charge is 0.387 e. The molecule has 0 aromatic heterocycles. The van der Waals surface area contributed by atoms with E-state index >= 15 is 0 Å². The number of carbonyl (C=O) groups is 3. The number of alkyl halides is 2. The minimum atomic E-state index is -2.97. The maximum Gasteiger partial charge on any atom is 0.387 e. The van der Waals surface area contributed by atoms with Gasteiger partial charge in [-0.05, 0) is 55.7 Å². The molecule has 1 fully saturated rings. The second-order valence-electron chi connectivity index (χ2n) is 7.14. The topological polar surface area (TPSA) is 87.7 Å². The van der Waals surface area contributed by atoms with Crippen molar-refractivity contribution in [1.29, 1.82) is 0 Å². The van der Waals surface area contributed by atoms with E-state index in [1.54, 1.807) is 12.1 Å². The Morgan fingerprint density at radius 3 is 2.47 bits per heavy atom. The molecule has 0 unspecified atom stereocenters. The number of urea groups is 1. The average molecular weight is 417 g/mol. The molecule has 0 spiro atoms. The van der Waals surface area contributed by atoms with E-state index < -0.39 is 36.5 Å². The van der Waals surface area contributed by atoms with E-state index in [-0.39, 0.29) is 5.75 Å². The van der Waals surface area contributed by atoms with Gasteiger partial charge in [-0.2, -0.15) is 8.78 Å². The quantitative estimate of drug-likeness (QED) is 0.706. The average Bonchev–Trinajstić information content (AvgIpc) is 2.89. The van der Waals surface area contributed by atoms with Gasteiger partial charge in [0.1, 0.15) is 17.8 Å². The fraction of sp³-hybridized carbons (Fsp3) is 0.286. The van der Waals surface area contributed by atoms with E-state index in [1.807, 2.05) is 19.9 Å². The molecule has 1 heterocycles. The molecule has 4 amide bonds. The van der Waals surface area contributed by atoms with Crippen LogP contribution in [0.25, 0.3) is 0 Å². The van der Waals surface area contributed by atoms with Crippen LogP contribution in [-0.2, 0) is 15.1 Å². The van der Waals surface area contributed by atoms with Crippen molar-refractivity contribution >= 4 is 23.5 Å². The fourth-order valence-corrected chi connectivity index (χ4v) is 3.23. The lowest BCUT2D eigenvalue weighted by molar-refractivity contribution is -0.133. The summed E-state index contributed by atoms with van der Waals surface area (Å²) in [7, 11) is 0. The molecule has 2 aromatic rings. The van der Waals surface area contributed by atoms with Crippen molar-refractivity contribution in [1.82, 2.24) is 10.2 Å². The molecule has 0 saturated carbocycles. The van der Waals surface area contributed by atoms with Gasteiger partial charge in [0.15, 0.2) is 0 Å². The van der Waals surface area contributed by atoms with Crippen LogP contribution in [0.1, 0.15) is 23.6 Å². The molecule has 3 rings (SSSR count).